The summed E-state index contributed by atoms with van der Waals surface area (Å²) in [5.41, 5.74) is 1.72. The predicted octanol–water partition coefficient (Wildman–Crippen LogP) is 3.35. The highest BCUT2D eigenvalue weighted by atomic mass is 16.4. The van der Waals surface area contributed by atoms with Gasteiger partial charge in [-0.05, 0) is 31.4 Å². The lowest BCUT2D eigenvalue weighted by atomic mass is 10.2. The fourth-order valence-electron chi connectivity index (χ4n) is 3.66. The fraction of sp³-hybridized carbons (Fsp3) is 0.208. The van der Waals surface area contributed by atoms with Crippen molar-refractivity contribution in [3.63, 3.8) is 0 Å². The molecule has 13 heteroatoms. The summed E-state index contributed by atoms with van der Waals surface area (Å²) in [5, 5.41) is 5.61. The molecule has 1 aliphatic heterocycles. The first kappa shape index (κ1) is 22.4. The third kappa shape index (κ3) is 4.61. The Bertz CT molecular complexity index is 1470. The van der Waals surface area contributed by atoms with Crippen LogP contribution in [-0.4, -0.2) is 49.8 Å². The number of amides is 2. The van der Waals surface area contributed by atoms with Gasteiger partial charge in [-0.1, -0.05) is 6.07 Å². The first-order chi connectivity index (χ1) is 18.1. The van der Waals surface area contributed by atoms with Crippen LogP contribution < -0.4 is 10.6 Å². The average Bonchev–Trinajstić information content (AvgIpc) is 3.73. The first-order valence-electron chi connectivity index (χ1n) is 11.5. The van der Waals surface area contributed by atoms with Crippen molar-refractivity contribution in [2.24, 2.45) is 0 Å². The molecule has 5 aromatic rings. The van der Waals surface area contributed by atoms with Crippen molar-refractivity contribution in [3.05, 3.63) is 54.6 Å². The Hall–Kier alpha value is -5.07. The smallest absolute Gasteiger partial charge is 0.273 e. The van der Waals surface area contributed by atoms with Crippen molar-refractivity contribution in [2.75, 3.05) is 13.1 Å². The molecule has 10 bridgehead atoms. The van der Waals surface area contributed by atoms with Gasteiger partial charge in [0, 0.05) is 13.1 Å². The minimum Gasteiger partial charge on any atom is -0.442 e. The van der Waals surface area contributed by atoms with E-state index in [-0.39, 0.29) is 46.8 Å². The van der Waals surface area contributed by atoms with Crippen LogP contribution in [0.5, 0.6) is 0 Å². The van der Waals surface area contributed by atoms with Crippen LogP contribution in [0.2, 0.25) is 0 Å². The van der Waals surface area contributed by atoms with Crippen LogP contribution in [0, 0.1) is 0 Å². The van der Waals surface area contributed by atoms with Crippen LogP contribution >= 0.6 is 0 Å². The van der Waals surface area contributed by atoms with Gasteiger partial charge in [-0.2, -0.15) is 0 Å². The van der Waals surface area contributed by atoms with E-state index in [2.05, 4.69) is 35.6 Å². The third-order valence-electron chi connectivity index (χ3n) is 5.53. The third-order valence-corrected chi connectivity index (χ3v) is 5.53. The van der Waals surface area contributed by atoms with Gasteiger partial charge in [-0.15, -0.1) is 0 Å². The maximum absolute atomic E-state index is 12.4. The lowest BCUT2D eigenvalue weighted by molar-refractivity contribution is 0.0942. The highest BCUT2D eigenvalue weighted by molar-refractivity contribution is 5.92. The number of aromatic nitrogens is 5. The van der Waals surface area contributed by atoms with Crippen molar-refractivity contribution in [1.82, 2.24) is 35.6 Å². The van der Waals surface area contributed by atoms with Gasteiger partial charge in [-0.3, -0.25) is 9.59 Å². The summed E-state index contributed by atoms with van der Waals surface area (Å²) in [7, 11) is 0. The number of oxazole rings is 4. The quantitative estimate of drug-likeness (QED) is 0.318. The van der Waals surface area contributed by atoms with Gasteiger partial charge < -0.3 is 28.3 Å². The molecule has 1 aliphatic rings. The summed E-state index contributed by atoms with van der Waals surface area (Å²) in [6.07, 6.45) is 7.54. The molecule has 2 N–H and O–H groups in total. The second kappa shape index (κ2) is 9.53. The van der Waals surface area contributed by atoms with Crippen LogP contribution in [0.25, 0.3) is 46.3 Å². The molecule has 5 aromatic heterocycles. The highest BCUT2D eigenvalue weighted by Crippen LogP contribution is 2.27. The minimum atomic E-state index is -0.358. The van der Waals surface area contributed by atoms with E-state index in [9.17, 15) is 9.59 Å². The molecule has 0 aliphatic carbocycles. The topological polar surface area (TPSA) is 175 Å². The van der Waals surface area contributed by atoms with Crippen molar-refractivity contribution < 1.29 is 27.3 Å². The van der Waals surface area contributed by atoms with Gasteiger partial charge >= 0.3 is 0 Å². The Kier molecular flexibility index (Phi) is 5.77. The Morgan fingerprint density at radius 2 is 0.919 bits per heavy atom. The standard InChI is InChI=1S/C24H19N7O6/c32-19-15-9-34-23(28-15)17-11-36-21(30-17)13-5-4-6-14(27-13)22-31-18(12-37-22)24-29-16(10-35-24)20(33)26-8-3-1-2-7-25-19/h4-6,9-12H,1-3,7-8H2,(H,25,32)(H,26,33). The van der Waals surface area contributed by atoms with E-state index in [1.165, 1.54) is 25.1 Å². The lowest BCUT2D eigenvalue weighted by Gasteiger charge is -2.04. The van der Waals surface area contributed by atoms with E-state index >= 15 is 0 Å². The molecule has 13 nitrogen and oxygen atoms in total. The number of hydrogen-bond acceptors (Lipinski definition) is 11. The molecule has 0 fully saturated rings. The molecule has 0 atom stereocenters. The summed E-state index contributed by atoms with van der Waals surface area (Å²) in [5.74, 6) is -0.00406. The SMILES string of the molecule is O=C1NCCCCCNC(=O)c2coc(n2)-c2coc(n2)-c2cccc(n2)-c2nc(co2)-c2nc1co2. The number of pyridine rings is 1. The van der Waals surface area contributed by atoms with E-state index < -0.39 is 0 Å². The zero-order valence-corrected chi connectivity index (χ0v) is 19.3. The molecular weight excluding hydrogens is 482 g/mol. The molecule has 6 heterocycles. The second-order valence-electron chi connectivity index (χ2n) is 8.13. The molecule has 0 radical (unpaired) electrons. The van der Waals surface area contributed by atoms with Crippen molar-refractivity contribution in [1.29, 1.82) is 0 Å². The molecule has 0 saturated heterocycles. The van der Waals surface area contributed by atoms with E-state index in [1.54, 1.807) is 18.2 Å². The maximum Gasteiger partial charge on any atom is 0.273 e. The zero-order chi connectivity index (χ0) is 25.2. The van der Waals surface area contributed by atoms with Gasteiger partial charge in [0.2, 0.25) is 23.6 Å². The molecule has 0 saturated carbocycles. The average molecular weight is 501 g/mol. The minimum absolute atomic E-state index is 0.132. The molecule has 186 valence electrons. The summed E-state index contributed by atoms with van der Waals surface area (Å²) in [4.78, 5) is 46.5. The van der Waals surface area contributed by atoms with E-state index in [0.29, 0.717) is 35.9 Å². The van der Waals surface area contributed by atoms with Crippen molar-refractivity contribution in [2.45, 2.75) is 19.3 Å². The molecule has 0 spiro atoms. The van der Waals surface area contributed by atoms with Crippen LogP contribution in [0.4, 0.5) is 0 Å². The number of hydrogen-bond donors (Lipinski definition) is 2. The number of nitrogens with one attached hydrogen (secondary N) is 2. The summed E-state index contributed by atoms with van der Waals surface area (Å²) in [6, 6.07) is 5.16. The Morgan fingerprint density at radius 3 is 1.41 bits per heavy atom. The van der Waals surface area contributed by atoms with Crippen molar-refractivity contribution >= 4 is 11.8 Å². The van der Waals surface area contributed by atoms with Gasteiger partial charge in [0.15, 0.2) is 22.8 Å². The van der Waals surface area contributed by atoms with E-state index in [1.807, 2.05) is 0 Å². The highest BCUT2D eigenvalue weighted by Gasteiger charge is 2.20. The zero-order valence-electron chi connectivity index (χ0n) is 19.3. The Balaban J connectivity index is 1.32. The summed E-state index contributed by atoms with van der Waals surface area (Å²) < 4.78 is 22.0. The number of carbonyl (C=O) groups excluding carboxylic acids is 2. The lowest BCUT2D eigenvalue weighted by Crippen LogP contribution is -2.26. The molecule has 0 unspecified atom stereocenters. The number of nitrogens with zero attached hydrogens (tertiary/aromatic N) is 5. The molecule has 37 heavy (non-hydrogen) atoms. The Morgan fingerprint density at radius 1 is 0.514 bits per heavy atom. The fourth-order valence-corrected chi connectivity index (χ4v) is 3.66. The van der Waals surface area contributed by atoms with Crippen LogP contribution in [-0.2, 0) is 0 Å². The van der Waals surface area contributed by atoms with Gasteiger partial charge in [0.05, 0.1) is 0 Å². The normalized spacial score (nSPS) is 14.5. The van der Waals surface area contributed by atoms with Gasteiger partial charge in [0.25, 0.3) is 11.8 Å². The largest absolute Gasteiger partial charge is 0.442 e. The second-order valence-corrected chi connectivity index (χ2v) is 8.13. The van der Waals surface area contributed by atoms with E-state index in [4.69, 9.17) is 17.7 Å². The predicted molar refractivity (Wildman–Crippen MR) is 125 cm³/mol. The number of carbonyl (C=O) groups is 2. The first-order valence-corrected chi connectivity index (χ1v) is 11.5. The van der Waals surface area contributed by atoms with Crippen molar-refractivity contribution in [3.8, 4) is 46.3 Å². The molecule has 0 aromatic carbocycles. The maximum atomic E-state index is 12.4. The molecular formula is C24H19N7O6. The summed E-state index contributed by atoms with van der Waals surface area (Å²) in [6.45, 7) is 0.912. The monoisotopic (exact) mass is 501 g/mol. The number of rotatable bonds is 0. The van der Waals surface area contributed by atoms with Crippen LogP contribution in [0.3, 0.4) is 0 Å². The van der Waals surface area contributed by atoms with Gasteiger partial charge in [-0.25, -0.2) is 24.9 Å². The summed E-state index contributed by atoms with van der Waals surface area (Å²) >= 11 is 0. The molecule has 2 amide bonds. The molecule has 6 rings (SSSR count). The van der Waals surface area contributed by atoms with Gasteiger partial charge in [0.1, 0.15) is 36.4 Å². The Labute approximate surface area is 208 Å². The number of fused-ring (bicyclic) bond motifs is 14. The van der Waals surface area contributed by atoms with Crippen LogP contribution in [0.1, 0.15) is 40.2 Å². The van der Waals surface area contributed by atoms with E-state index in [0.717, 1.165) is 19.3 Å². The van der Waals surface area contributed by atoms with Crippen LogP contribution in [0.15, 0.2) is 60.9 Å².